The van der Waals surface area contributed by atoms with Crippen molar-refractivity contribution < 1.29 is 9.59 Å². The number of nitrogens with zero attached hydrogens (tertiary/aromatic N) is 4. The second-order valence-corrected chi connectivity index (χ2v) is 8.00. The highest BCUT2D eigenvalue weighted by atomic mass is 35.5. The van der Waals surface area contributed by atoms with E-state index in [0.717, 1.165) is 28.1 Å². The van der Waals surface area contributed by atoms with Crippen molar-refractivity contribution in [3.63, 3.8) is 0 Å². The molecule has 0 radical (unpaired) electrons. The van der Waals surface area contributed by atoms with Crippen LogP contribution in [0.15, 0.2) is 24.3 Å². The summed E-state index contributed by atoms with van der Waals surface area (Å²) in [5.74, 6) is -0.0983. The Bertz CT molecular complexity index is 974. The van der Waals surface area contributed by atoms with Gasteiger partial charge in [-0.25, -0.2) is 0 Å². The summed E-state index contributed by atoms with van der Waals surface area (Å²) in [7, 11) is 1.77. The molecule has 1 saturated heterocycles. The number of hydrogen-bond donors (Lipinski definition) is 1. The van der Waals surface area contributed by atoms with Crippen molar-refractivity contribution in [2.75, 3.05) is 38.0 Å². The van der Waals surface area contributed by atoms with Gasteiger partial charge in [0.2, 0.25) is 11.8 Å². The summed E-state index contributed by atoms with van der Waals surface area (Å²) in [6, 6.07) is 5.88. The first-order chi connectivity index (χ1) is 14.3. The molecule has 3 rings (SSSR count). The lowest BCUT2D eigenvalue weighted by Crippen LogP contribution is -2.50. The number of aromatic nitrogens is 2. The largest absolute Gasteiger partial charge is 0.337 e. The van der Waals surface area contributed by atoms with Crippen LogP contribution in [0.2, 0.25) is 5.15 Å². The summed E-state index contributed by atoms with van der Waals surface area (Å²) in [6.45, 7) is 8.69. The van der Waals surface area contributed by atoms with E-state index in [1.165, 1.54) is 0 Å². The molecule has 0 saturated carbocycles. The monoisotopic (exact) mass is 429 g/mol. The van der Waals surface area contributed by atoms with E-state index in [9.17, 15) is 9.59 Å². The van der Waals surface area contributed by atoms with E-state index in [1.807, 2.05) is 39.0 Å². The minimum Gasteiger partial charge on any atom is -0.337 e. The van der Waals surface area contributed by atoms with E-state index in [2.05, 4.69) is 15.3 Å². The number of nitrogens with one attached hydrogen (secondary N) is 1. The van der Waals surface area contributed by atoms with Crippen molar-refractivity contribution in [2.45, 2.75) is 20.8 Å². The van der Waals surface area contributed by atoms with Gasteiger partial charge in [0, 0.05) is 50.6 Å². The lowest BCUT2D eigenvalue weighted by Gasteiger charge is -2.33. The molecule has 2 aromatic rings. The normalized spacial score (nSPS) is 15.0. The van der Waals surface area contributed by atoms with Crippen molar-refractivity contribution >= 4 is 35.2 Å². The van der Waals surface area contributed by atoms with Crippen LogP contribution in [0.4, 0.5) is 5.69 Å². The summed E-state index contributed by atoms with van der Waals surface area (Å²) >= 11 is 6.21. The Morgan fingerprint density at radius 2 is 1.87 bits per heavy atom. The molecule has 1 aromatic carbocycles. The molecule has 160 valence electrons. The topological polar surface area (TPSA) is 70.5 Å². The SMILES string of the molecule is Cc1cccc(NC(=O)CN2CCN(C(=O)/C=C/c3c(C)nn(C)c3Cl)CC2)c1C. The fourth-order valence-corrected chi connectivity index (χ4v) is 3.74. The number of carbonyl (C=O) groups excluding carboxylic acids is 2. The molecule has 30 heavy (non-hydrogen) atoms. The molecule has 7 nitrogen and oxygen atoms in total. The number of carbonyl (C=O) groups is 2. The molecule has 1 fully saturated rings. The molecule has 8 heteroatoms. The Balaban J connectivity index is 1.49. The molecule has 2 heterocycles. The number of hydrogen-bond acceptors (Lipinski definition) is 4. The predicted molar refractivity (Wildman–Crippen MR) is 120 cm³/mol. The van der Waals surface area contributed by atoms with Gasteiger partial charge in [0.15, 0.2) is 0 Å². The van der Waals surface area contributed by atoms with Gasteiger partial charge in [0.25, 0.3) is 0 Å². The van der Waals surface area contributed by atoms with Crippen LogP contribution >= 0.6 is 11.6 Å². The fourth-order valence-electron chi connectivity index (χ4n) is 3.50. The van der Waals surface area contributed by atoms with E-state index in [0.29, 0.717) is 37.9 Å². The van der Waals surface area contributed by atoms with Crippen LogP contribution in [0.25, 0.3) is 6.08 Å². The molecular formula is C22H28ClN5O2. The van der Waals surface area contributed by atoms with Crippen LogP contribution < -0.4 is 5.32 Å². The summed E-state index contributed by atoms with van der Waals surface area (Å²) in [5, 5.41) is 7.74. The third-order valence-corrected chi connectivity index (χ3v) is 5.97. The molecule has 1 N–H and O–H groups in total. The third kappa shape index (κ3) is 5.09. The van der Waals surface area contributed by atoms with Gasteiger partial charge in [-0.1, -0.05) is 23.7 Å². The first kappa shape index (κ1) is 22.1. The maximum absolute atomic E-state index is 12.5. The molecule has 0 bridgehead atoms. The molecular weight excluding hydrogens is 402 g/mol. The minimum absolute atomic E-state index is 0.0370. The van der Waals surface area contributed by atoms with Crippen molar-refractivity contribution in [3.05, 3.63) is 51.8 Å². The van der Waals surface area contributed by atoms with Gasteiger partial charge in [-0.3, -0.25) is 19.2 Å². The zero-order valence-electron chi connectivity index (χ0n) is 17.9. The van der Waals surface area contributed by atoms with Gasteiger partial charge < -0.3 is 10.2 Å². The summed E-state index contributed by atoms with van der Waals surface area (Å²) in [6.07, 6.45) is 3.26. The zero-order chi connectivity index (χ0) is 21.8. The van der Waals surface area contributed by atoms with Gasteiger partial charge in [0.05, 0.1) is 12.2 Å². The van der Waals surface area contributed by atoms with E-state index < -0.39 is 0 Å². The summed E-state index contributed by atoms with van der Waals surface area (Å²) in [4.78, 5) is 28.8. The predicted octanol–water partition coefficient (Wildman–Crippen LogP) is 2.79. The third-order valence-electron chi connectivity index (χ3n) is 5.52. The second-order valence-electron chi connectivity index (χ2n) is 7.64. The van der Waals surface area contributed by atoms with E-state index >= 15 is 0 Å². The average molecular weight is 430 g/mol. The first-order valence-corrected chi connectivity index (χ1v) is 10.4. The van der Waals surface area contributed by atoms with Gasteiger partial charge in [0.1, 0.15) is 5.15 Å². The molecule has 0 spiro atoms. The first-order valence-electron chi connectivity index (χ1n) is 10.0. The standard InChI is InChI=1S/C22H28ClN5O2/c1-15-6-5-7-19(16(15)2)24-20(29)14-27-10-12-28(13-11-27)21(30)9-8-18-17(3)25-26(4)22(18)23/h5-9H,10-14H2,1-4H3,(H,24,29)/b9-8+. The van der Waals surface area contributed by atoms with Crippen LogP contribution in [0.1, 0.15) is 22.4 Å². The Hall–Kier alpha value is -2.64. The number of anilines is 1. The number of aryl methyl sites for hydroxylation is 3. The lowest BCUT2D eigenvalue weighted by atomic mass is 10.1. The van der Waals surface area contributed by atoms with Crippen molar-refractivity contribution in [3.8, 4) is 0 Å². The van der Waals surface area contributed by atoms with E-state index in [1.54, 1.807) is 28.8 Å². The Morgan fingerprint density at radius 3 is 2.50 bits per heavy atom. The smallest absolute Gasteiger partial charge is 0.246 e. The van der Waals surface area contributed by atoms with E-state index in [-0.39, 0.29) is 11.8 Å². The van der Waals surface area contributed by atoms with Crippen molar-refractivity contribution in [1.29, 1.82) is 0 Å². The molecule has 1 aromatic heterocycles. The van der Waals surface area contributed by atoms with Crippen LogP contribution in [0, 0.1) is 20.8 Å². The molecule has 1 aliphatic rings. The highest BCUT2D eigenvalue weighted by molar-refractivity contribution is 6.31. The summed E-state index contributed by atoms with van der Waals surface area (Å²) < 4.78 is 1.59. The van der Waals surface area contributed by atoms with Crippen LogP contribution in [-0.4, -0.2) is 64.1 Å². The van der Waals surface area contributed by atoms with Gasteiger partial charge in [-0.15, -0.1) is 0 Å². The highest BCUT2D eigenvalue weighted by Gasteiger charge is 2.21. The number of rotatable bonds is 5. The quantitative estimate of drug-likeness (QED) is 0.742. The fraction of sp³-hybridized carbons (Fsp3) is 0.409. The Labute approximate surface area is 182 Å². The zero-order valence-corrected chi connectivity index (χ0v) is 18.7. The Kier molecular flexibility index (Phi) is 6.95. The number of piperazine rings is 1. The lowest BCUT2D eigenvalue weighted by molar-refractivity contribution is -0.127. The maximum Gasteiger partial charge on any atom is 0.246 e. The average Bonchev–Trinajstić information content (AvgIpc) is 2.95. The van der Waals surface area contributed by atoms with E-state index in [4.69, 9.17) is 11.6 Å². The van der Waals surface area contributed by atoms with Gasteiger partial charge in [-0.2, -0.15) is 5.10 Å². The molecule has 0 aliphatic carbocycles. The van der Waals surface area contributed by atoms with Crippen LogP contribution in [0.5, 0.6) is 0 Å². The molecule has 0 unspecified atom stereocenters. The number of amides is 2. The Morgan fingerprint density at radius 1 is 1.17 bits per heavy atom. The van der Waals surface area contributed by atoms with Crippen LogP contribution in [0.3, 0.4) is 0 Å². The minimum atomic E-state index is -0.0613. The second kappa shape index (κ2) is 9.45. The molecule has 2 amide bonds. The highest BCUT2D eigenvalue weighted by Crippen LogP contribution is 2.20. The van der Waals surface area contributed by atoms with Gasteiger partial charge >= 0.3 is 0 Å². The van der Waals surface area contributed by atoms with Gasteiger partial charge in [-0.05, 0) is 44.0 Å². The maximum atomic E-state index is 12.5. The number of halogens is 1. The molecule has 1 aliphatic heterocycles. The van der Waals surface area contributed by atoms with Crippen molar-refractivity contribution in [2.24, 2.45) is 7.05 Å². The number of benzene rings is 1. The molecule has 0 atom stereocenters. The summed E-state index contributed by atoms with van der Waals surface area (Å²) in [5.41, 5.74) is 4.62. The van der Waals surface area contributed by atoms with Crippen molar-refractivity contribution in [1.82, 2.24) is 19.6 Å². The van der Waals surface area contributed by atoms with Crippen LogP contribution in [-0.2, 0) is 16.6 Å².